The van der Waals surface area contributed by atoms with E-state index in [9.17, 15) is 4.79 Å². The number of nitrogens with zero attached hydrogens (tertiary/aromatic N) is 1. The van der Waals surface area contributed by atoms with E-state index in [0.29, 0.717) is 17.8 Å². The van der Waals surface area contributed by atoms with Crippen molar-refractivity contribution in [3.8, 4) is 0 Å². The number of hydrogen-bond acceptors (Lipinski definition) is 3. The molecule has 1 aliphatic carbocycles. The highest BCUT2D eigenvalue weighted by atomic mass is 16.5. The van der Waals surface area contributed by atoms with Crippen molar-refractivity contribution in [3.05, 3.63) is 0 Å². The normalized spacial score (nSPS) is 31.8. The van der Waals surface area contributed by atoms with Crippen molar-refractivity contribution in [1.82, 2.24) is 4.90 Å². The lowest BCUT2D eigenvalue weighted by Crippen LogP contribution is -2.41. The minimum Gasteiger partial charge on any atom is -0.370 e. The molecule has 1 spiro atoms. The topological polar surface area (TPSA) is 29.5 Å². The van der Waals surface area contributed by atoms with Gasteiger partial charge in [0.2, 0.25) is 0 Å². The lowest BCUT2D eigenvalue weighted by Gasteiger charge is -2.35. The van der Waals surface area contributed by atoms with E-state index in [1.165, 1.54) is 44.9 Å². The Morgan fingerprint density at radius 1 is 1.10 bits per heavy atom. The van der Waals surface area contributed by atoms with Crippen LogP contribution in [-0.2, 0) is 9.53 Å². The second-order valence-corrected chi connectivity index (χ2v) is 7.21. The highest BCUT2D eigenvalue weighted by Crippen LogP contribution is 2.42. The Kier molecular flexibility index (Phi) is 4.46. The Bertz CT molecular complexity index is 341. The SMILES string of the molecule is CC(=O)C1CCN(CC2CCC3(CCCCC3)O2)CC1. The molecule has 3 nitrogen and oxygen atoms in total. The van der Waals surface area contributed by atoms with Crippen molar-refractivity contribution in [3.63, 3.8) is 0 Å². The number of ether oxygens (including phenoxy) is 1. The summed E-state index contributed by atoms with van der Waals surface area (Å²) in [7, 11) is 0. The Morgan fingerprint density at radius 2 is 1.80 bits per heavy atom. The maximum atomic E-state index is 11.4. The molecule has 0 N–H and O–H groups in total. The molecular weight excluding hydrogens is 250 g/mol. The average molecular weight is 279 g/mol. The molecule has 2 aliphatic heterocycles. The first-order valence-corrected chi connectivity index (χ1v) is 8.57. The Balaban J connectivity index is 1.44. The molecule has 3 fully saturated rings. The molecule has 0 radical (unpaired) electrons. The van der Waals surface area contributed by atoms with Gasteiger partial charge in [-0.3, -0.25) is 4.79 Å². The van der Waals surface area contributed by atoms with Crippen molar-refractivity contribution in [2.45, 2.75) is 76.4 Å². The first kappa shape index (κ1) is 14.5. The minimum absolute atomic E-state index is 0.251. The van der Waals surface area contributed by atoms with Gasteiger partial charge in [0.05, 0.1) is 11.7 Å². The van der Waals surface area contributed by atoms with Crippen molar-refractivity contribution in [1.29, 1.82) is 0 Å². The summed E-state index contributed by atoms with van der Waals surface area (Å²) in [4.78, 5) is 13.9. The van der Waals surface area contributed by atoms with Crippen LogP contribution in [0, 0.1) is 5.92 Å². The van der Waals surface area contributed by atoms with Crippen LogP contribution in [0.15, 0.2) is 0 Å². The summed E-state index contributed by atoms with van der Waals surface area (Å²) in [5.74, 6) is 0.698. The van der Waals surface area contributed by atoms with Crippen molar-refractivity contribution >= 4 is 5.78 Å². The van der Waals surface area contributed by atoms with Gasteiger partial charge in [0.1, 0.15) is 5.78 Å². The zero-order chi connectivity index (χ0) is 14.0. The van der Waals surface area contributed by atoms with E-state index in [0.717, 1.165) is 32.5 Å². The van der Waals surface area contributed by atoms with Crippen LogP contribution in [0.1, 0.15) is 64.7 Å². The van der Waals surface area contributed by atoms with E-state index in [-0.39, 0.29) is 5.60 Å². The molecule has 0 amide bonds. The molecule has 0 aromatic heterocycles. The fraction of sp³-hybridized carbons (Fsp3) is 0.941. The standard InChI is InChI=1S/C17H29NO2/c1-14(19)15-6-11-18(12-7-15)13-16-5-10-17(20-16)8-3-2-4-9-17/h15-16H,2-13H2,1H3. The molecule has 0 aromatic rings. The molecule has 2 saturated heterocycles. The van der Waals surface area contributed by atoms with Crippen LogP contribution < -0.4 is 0 Å². The van der Waals surface area contributed by atoms with Crippen LogP contribution in [0.4, 0.5) is 0 Å². The zero-order valence-electron chi connectivity index (χ0n) is 12.9. The molecule has 114 valence electrons. The number of ketones is 1. The number of hydrogen-bond donors (Lipinski definition) is 0. The van der Waals surface area contributed by atoms with E-state index < -0.39 is 0 Å². The number of carbonyl (C=O) groups excluding carboxylic acids is 1. The van der Waals surface area contributed by atoms with Crippen LogP contribution in [0.25, 0.3) is 0 Å². The molecular formula is C17H29NO2. The average Bonchev–Trinajstić information content (AvgIpc) is 2.83. The molecule has 1 unspecified atom stereocenters. The van der Waals surface area contributed by atoms with Gasteiger partial charge in [-0.1, -0.05) is 19.3 Å². The van der Waals surface area contributed by atoms with Gasteiger partial charge in [-0.15, -0.1) is 0 Å². The fourth-order valence-electron chi connectivity index (χ4n) is 4.40. The largest absolute Gasteiger partial charge is 0.370 e. The second-order valence-electron chi connectivity index (χ2n) is 7.21. The van der Waals surface area contributed by atoms with Crippen molar-refractivity contribution in [2.75, 3.05) is 19.6 Å². The van der Waals surface area contributed by atoms with E-state index in [2.05, 4.69) is 4.90 Å². The molecule has 0 aromatic carbocycles. The van der Waals surface area contributed by atoms with Gasteiger partial charge in [-0.25, -0.2) is 0 Å². The van der Waals surface area contributed by atoms with E-state index in [1.807, 2.05) is 0 Å². The predicted octanol–water partition coefficient (Wildman–Crippen LogP) is 3.17. The summed E-state index contributed by atoms with van der Waals surface area (Å²) < 4.78 is 6.46. The number of likely N-dealkylation sites (tertiary alicyclic amines) is 1. The van der Waals surface area contributed by atoms with Gasteiger partial charge >= 0.3 is 0 Å². The lowest BCUT2D eigenvalue weighted by molar-refractivity contribution is -0.122. The number of carbonyl (C=O) groups is 1. The number of piperidine rings is 1. The maximum absolute atomic E-state index is 11.4. The van der Waals surface area contributed by atoms with Crippen LogP contribution in [0.2, 0.25) is 0 Å². The fourth-order valence-corrected chi connectivity index (χ4v) is 4.40. The molecule has 2 heterocycles. The van der Waals surface area contributed by atoms with Crippen molar-refractivity contribution in [2.24, 2.45) is 5.92 Å². The van der Waals surface area contributed by atoms with Gasteiger partial charge in [0.15, 0.2) is 0 Å². The molecule has 1 atom stereocenters. The highest BCUT2D eigenvalue weighted by molar-refractivity contribution is 5.78. The number of Topliss-reactive ketones (excluding diaryl/α,β-unsaturated/α-hetero) is 1. The summed E-state index contributed by atoms with van der Waals surface area (Å²) in [6, 6.07) is 0. The summed E-state index contributed by atoms with van der Waals surface area (Å²) >= 11 is 0. The third-order valence-electron chi connectivity index (χ3n) is 5.73. The summed E-state index contributed by atoms with van der Waals surface area (Å²) in [5, 5.41) is 0. The van der Waals surface area contributed by atoms with E-state index in [4.69, 9.17) is 4.74 Å². The van der Waals surface area contributed by atoms with Gasteiger partial charge in [0, 0.05) is 12.5 Å². The quantitative estimate of drug-likeness (QED) is 0.794. The second kappa shape index (κ2) is 6.15. The molecule has 1 saturated carbocycles. The first-order chi connectivity index (χ1) is 9.67. The van der Waals surface area contributed by atoms with Crippen LogP contribution in [-0.4, -0.2) is 42.0 Å². The summed E-state index contributed by atoms with van der Waals surface area (Å²) in [6.07, 6.45) is 11.8. The zero-order valence-corrected chi connectivity index (χ0v) is 12.9. The van der Waals surface area contributed by atoms with E-state index >= 15 is 0 Å². The Morgan fingerprint density at radius 3 is 2.45 bits per heavy atom. The van der Waals surface area contributed by atoms with Gasteiger partial charge < -0.3 is 9.64 Å². The van der Waals surface area contributed by atoms with Crippen molar-refractivity contribution < 1.29 is 9.53 Å². The Hall–Kier alpha value is -0.410. The summed E-state index contributed by atoms with van der Waals surface area (Å²) in [6.45, 7) is 4.99. The van der Waals surface area contributed by atoms with Crippen LogP contribution >= 0.6 is 0 Å². The molecule has 0 bridgehead atoms. The molecule has 3 aliphatic rings. The van der Waals surface area contributed by atoms with Gasteiger partial charge in [-0.05, 0) is 58.5 Å². The third-order valence-corrected chi connectivity index (χ3v) is 5.73. The first-order valence-electron chi connectivity index (χ1n) is 8.57. The highest BCUT2D eigenvalue weighted by Gasteiger charge is 2.41. The minimum atomic E-state index is 0.251. The number of rotatable bonds is 3. The van der Waals surface area contributed by atoms with Gasteiger partial charge in [0.25, 0.3) is 0 Å². The summed E-state index contributed by atoms with van der Waals surface area (Å²) in [5.41, 5.74) is 0.251. The van der Waals surface area contributed by atoms with Crippen LogP contribution in [0.3, 0.4) is 0 Å². The lowest BCUT2D eigenvalue weighted by atomic mass is 9.83. The van der Waals surface area contributed by atoms with Crippen LogP contribution in [0.5, 0.6) is 0 Å². The Labute approximate surface area is 123 Å². The molecule has 3 rings (SSSR count). The van der Waals surface area contributed by atoms with E-state index in [1.54, 1.807) is 6.92 Å². The molecule has 3 heteroatoms. The molecule has 20 heavy (non-hydrogen) atoms. The van der Waals surface area contributed by atoms with Gasteiger partial charge in [-0.2, -0.15) is 0 Å². The smallest absolute Gasteiger partial charge is 0.133 e. The maximum Gasteiger partial charge on any atom is 0.133 e. The third kappa shape index (κ3) is 3.25. The monoisotopic (exact) mass is 279 g/mol. The predicted molar refractivity (Wildman–Crippen MR) is 79.8 cm³/mol.